The number of amidine groups is 1. The van der Waals surface area contributed by atoms with Crippen LogP contribution >= 0.6 is 11.8 Å². The summed E-state index contributed by atoms with van der Waals surface area (Å²) in [6, 6.07) is 5.73. The molecule has 1 aromatic rings. The molecule has 104 valence electrons. The van der Waals surface area contributed by atoms with Crippen LogP contribution in [0.15, 0.2) is 23.2 Å². The molecule has 4 nitrogen and oxygen atoms in total. The molecule has 0 amide bonds. The smallest absolute Gasteiger partial charge is 0.161 e. The lowest BCUT2D eigenvalue weighted by molar-refractivity contribution is 0.395. The quantitative estimate of drug-likeness (QED) is 0.898. The van der Waals surface area contributed by atoms with Gasteiger partial charge in [0.1, 0.15) is 11.5 Å². The van der Waals surface area contributed by atoms with E-state index in [-0.39, 0.29) is 0 Å². The average Bonchev–Trinajstić information content (AvgIpc) is 2.87. The Kier molecular flexibility index (Phi) is 4.96. The van der Waals surface area contributed by atoms with Gasteiger partial charge in [-0.3, -0.25) is 4.99 Å². The molecule has 1 atom stereocenters. The first-order chi connectivity index (χ1) is 9.26. The summed E-state index contributed by atoms with van der Waals surface area (Å²) in [6.07, 6.45) is 2.41. The number of nitrogens with one attached hydrogen (secondary N) is 1. The predicted octanol–water partition coefficient (Wildman–Crippen LogP) is 3.39. The number of rotatable bonds is 5. The van der Waals surface area contributed by atoms with Gasteiger partial charge in [-0.1, -0.05) is 25.1 Å². The highest BCUT2D eigenvalue weighted by Crippen LogP contribution is 2.32. The van der Waals surface area contributed by atoms with Gasteiger partial charge in [-0.25, -0.2) is 0 Å². The Morgan fingerprint density at radius 2 is 2.21 bits per heavy atom. The molecule has 1 N–H and O–H groups in total. The van der Waals surface area contributed by atoms with E-state index in [1.54, 1.807) is 14.2 Å². The van der Waals surface area contributed by atoms with Crippen molar-refractivity contribution in [3.05, 3.63) is 18.2 Å². The summed E-state index contributed by atoms with van der Waals surface area (Å²) in [5.41, 5.74) is 0.923. The van der Waals surface area contributed by atoms with Crippen LogP contribution in [0.4, 0.5) is 5.69 Å². The molecule has 0 saturated heterocycles. The Hall–Kier alpha value is -1.36. The fraction of sp³-hybridized carbons (Fsp3) is 0.500. The fourth-order valence-electron chi connectivity index (χ4n) is 1.98. The van der Waals surface area contributed by atoms with Crippen LogP contribution in [0, 0.1) is 0 Å². The van der Waals surface area contributed by atoms with Crippen LogP contribution in [0.3, 0.4) is 0 Å². The molecule has 0 aliphatic carbocycles. The van der Waals surface area contributed by atoms with E-state index in [2.05, 4.69) is 17.2 Å². The molecule has 19 heavy (non-hydrogen) atoms. The highest BCUT2D eigenvalue weighted by atomic mass is 32.2. The molecule has 0 saturated carbocycles. The Morgan fingerprint density at radius 1 is 1.37 bits per heavy atom. The van der Waals surface area contributed by atoms with Gasteiger partial charge in [0.05, 0.1) is 26.5 Å². The van der Waals surface area contributed by atoms with Gasteiger partial charge in [-0.2, -0.15) is 0 Å². The number of methoxy groups -OCH3 is 2. The Morgan fingerprint density at radius 3 is 2.89 bits per heavy atom. The molecule has 0 bridgehead atoms. The highest BCUT2D eigenvalue weighted by Gasteiger charge is 2.19. The van der Waals surface area contributed by atoms with E-state index in [1.165, 1.54) is 12.8 Å². The normalized spacial score (nSPS) is 18.1. The number of hydrogen-bond acceptors (Lipinski definition) is 5. The number of nitrogens with zero attached hydrogens (tertiary/aromatic N) is 1. The fourth-order valence-corrected chi connectivity index (χ4v) is 3.11. The highest BCUT2D eigenvalue weighted by molar-refractivity contribution is 8.15. The van der Waals surface area contributed by atoms with Gasteiger partial charge in [0.15, 0.2) is 5.17 Å². The molecule has 0 fully saturated rings. The molecule has 1 aliphatic heterocycles. The summed E-state index contributed by atoms with van der Waals surface area (Å²) in [5.74, 6) is 1.55. The minimum Gasteiger partial charge on any atom is -0.497 e. The third-order valence-electron chi connectivity index (χ3n) is 2.98. The molecule has 0 radical (unpaired) electrons. The van der Waals surface area contributed by atoms with Crippen molar-refractivity contribution in [1.82, 2.24) is 0 Å². The minimum atomic E-state index is 0.608. The van der Waals surface area contributed by atoms with Gasteiger partial charge in [0, 0.05) is 11.3 Å². The minimum absolute atomic E-state index is 0.608. The number of benzene rings is 1. The van der Waals surface area contributed by atoms with Crippen LogP contribution < -0.4 is 14.8 Å². The van der Waals surface area contributed by atoms with Gasteiger partial charge < -0.3 is 14.8 Å². The Labute approximate surface area is 118 Å². The third kappa shape index (κ3) is 3.56. The zero-order chi connectivity index (χ0) is 13.7. The molecule has 0 spiro atoms. The second-order valence-electron chi connectivity index (χ2n) is 4.37. The van der Waals surface area contributed by atoms with Crippen molar-refractivity contribution in [3.63, 3.8) is 0 Å². The maximum absolute atomic E-state index is 5.37. The molecule has 2 rings (SSSR count). The van der Waals surface area contributed by atoms with Gasteiger partial charge >= 0.3 is 0 Å². The molecule has 1 unspecified atom stereocenters. The van der Waals surface area contributed by atoms with E-state index < -0.39 is 0 Å². The van der Waals surface area contributed by atoms with Crippen molar-refractivity contribution in [2.45, 2.75) is 25.0 Å². The molecule has 1 aromatic carbocycles. The first-order valence-electron chi connectivity index (χ1n) is 6.47. The van der Waals surface area contributed by atoms with Crippen molar-refractivity contribution in [2.24, 2.45) is 4.99 Å². The van der Waals surface area contributed by atoms with Gasteiger partial charge in [0.2, 0.25) is 0 Å². The zero-order valence-corrected chi connectivity index (χ0v) is 12.4. The van der Waals surface area contributed by atoms with Crippen LogP contribution in [-0.4, -0.2) is 31.2 Å². The SMILES string of the molecule is CCCC1CN=C(Nc2ccc(OC)cc2OC)S1. The standard InChI is InChI=1S/C14H20N2O2S/c1-4-5-11-9-15-14(19-11)16-12-7-6-10(17-2)8-13(12)18-3/h6-8,11H,4-5,9H2,1-3H3,(H,15,16). The summed E-state index contributed by atoms with van der Waals surface area (Å²) < 4.78 is 10.6. The van der Waals surface area contributed by atoms with Gasteiger partial charge in [-0.05, 0) is 18.6 Å². The van der Waals surface area contributed by atoms with E-state index >= 15 is 0 Å². The second-order valence-corrected chi connectivity index (χ2v) is 5.65. The molecule has 1 heterocycles. The first kappa shape index (κ1) is 14.1. The first-order valence-corrected chi connectivity index (χ1v) is 7.35. The van der Waals surface area contributed by atoms with Crippen LogP contribution in [-0.2, 0) is 0 Å². The maximum atomic E-state index is 5.37. The van der Waals surface area contributed by atoms with E-state index in [4.69, 9.17) is 9.47 Å². The Bertz CT molecular complexity index is 463. The summed E-state index contributed by atoms with van der Waals surface area (Å²) in [6.45, 7) is 3.11. The summed E-state index contributed by atoms with van der Waals surface area (Å²) in [5, 5.41) is 4.91. The van der Waals surface area contributed by atoms with Crippen molar-refractivity contribution in [3.8, 4) is 11.5 Å². The van der Waals surface area contributed by atoms with Crippen LogP contribution in [0.2, 0.25) is 0 Å². The molecule has 1 aliphatic rings. The van der Waals surface area contributed by atoms with E-state index in [0.717, 1.165) is 28.9 Å². The maximum Gasteiger partial charge on any atom is 0.161 e. The zero-order valence-electron chi connectivity index (χ0n) is 11.6. The van der Waals surface area contributed by atoms with Crippen molar-refractivity contribution >= 4 is 22.6 Å². The number of hydrogen-bond donors (Lipinski definition) is 1. The topological polar surface area (TPSA) is 42.9 Å². The molecular weight excluding hydrogens is 260 g/mol. The third-order valence-corrected chi connectivity index (χ3v) is 4.15. The molecule has 0 aromatic heterocycles. The largest absolute Gasteiger partial charge is 0.497 e. The number of thioether (sulfide) groups is 1. The lowest BCUT2D eigenvalue weighted by atomic mass is 10.2. The summed E-state index contributed by atoms with van der Waals surface area (Å²) >= 11 is 1.81. The van der Waals surface area contributed by atoms with Crippen molar-refractivity contribution in [2.75, 3.05) is 26.1 Å². The lowest BCUT2D eigenvalue weighted by Gasteiger charge is -2.12. The van der Waals surface area contributed by atoms with Crippen LogP contribution in [0.5, 0.6) is 11.5 Å². The van der Waals surface area contributed by atoms with E-state index in [1.807, 2.05) is 30.0 Å². The number of ether oxygens (including phenoxy) is 2. The van der Waals surface area contributed by atoms with E-state index in [0.29, 0.717) is 5.25 Å². The Balaban J connectivity index is 2.03. The lowest BCUT2D eigenvalue weighted by Crippen LogP contribution is -2.08. The van der Waals surface area contributed by atoms with Crippen molar-refractivity contribution in [1.29, 1.82) is 0 Å². The number of aliphatic imine (C=N–C) groups is 1. The van der Waals surface area contributed by atoms with E-state index in [9.17, 15) is 0 Å². The summed E-state index contributed by atoms with van der Waals surface area (Å²) in [7, 11) is 3.30. The van der Waals surface area contributed by atoms with Crippen LogP contribution in [0.1, 0.15) is 19.8 Å². The van der Waals surface area contributed by atoms with Gasteiger partial charge in [-0.15, -0.1) is 0 Å². The average molecular weight is 280 g/mol. The molecule has 5 heteroatoms. The number of anilines is 1. The van der Waals surface area contributed by atoms with Crippen molar-refractivity contribution < 1.29 is 9.47 Å². The summed E-state index contributed by atoms with van der Waals surface area (Å²) in [4.78, 5) is 4.53. The molecular formula is C14H20N2O2S. The second kappa shape index (κ2) is 6.70. The monoisotopic (exact) mass is 280 g/mol. The predicted molar refractivity (Wildman–Crippen MR) is 81.8 cm³/mol. The van der Waals surface area contributed by atoms with Gasteiger partial charge in [0.25, 0.3) is 0 Å². The van der Waals surface area contributed by atoms with Crippen LogP contribution in [0.25, 0.3) is 0 Å².